The van der Waals surface area contributed by atoms with Crippen molar-refractivity contribution in [2.75, 3.05) is 31.1 Å². The van der Waals surface area contributed by atoms with Gasteiger partial charge in [-0.3, -0.25) is 19.3 Å². The van der Waals surface area contributed by atoms with Crippen LogP contribution in [0.2, 0.25) is 0 Å². The summed E-state index contributed by atoms with van der Waals surface area (Å²) >= 11 is 0.837. The first-order valence-corrected chi connectivity index (χ1v) is 9.07. The van der Waals surface area contributed by atoms with Crippen LogP contribution in [0.3, 0.4) is 0 Å². The number of rotatable bonds is 7. The van der Waals surface area contributed by atoms with Gasteiger partial charge in [-0.1, -0.05) is 12.1 Å². The molecule has 0 unspecified atom stereocenters. The Morgan fingerprint density at radius 1 is 1.16 bits per heavy atom. The van der Waals surface area contributed by atoms with Crippen LogP contribution in [0.1, 0.15) is 26.3 Å². The van der Waals surface area contributed by atoms with Gasteiger partial charge in [-0.05, 0) is 56.3 Å². The average Bonchev–Trinajstić information content (AvgIpc) is 2.85. The molecule has 1 aliphatic rings. The van der Waals surface area contributed by atoms with Gasteiger partial charge < -0.3 is 9.64 Å². The lowest BCUT2D eigenvalue weighted by Gasteiger charge is -2.20. The Morgan fingerprint density at radius 3 is 2.36 bits per heavy atom. The first-order valence-electron chi connectivity index (χ1n) is 8.26. The van der Waals surface area contributed by atoms with E-state index in [0.717, 1.165) is 41.0 Å². The zero-order valence-electron chi connectivity index (χ0n) is 14.7. The van der Waals surface area contributed by atoms with E-state index in [4.69, 9.17) is 4.74 Å². The highest BCUT2D eigenvalue weighted by atomic mass is 32.2. The van der Waals surface area contributed by atoms with Crippen molar-refractivity contribution in [3.63, 3.8) is 0 Å². The maximum Gasteiger partial charge on any atom is 0.326 e. The smallest absolute Gasteiger partial charge is 0.326 e. The standard InChI is InChI=1S/C18H22N2O4S/c1-4-19(5-2)14-9-7-13(8-10-14)11-15-17(22)20(18(23)25-15)12-16(21)24-6-3/h7-11H,4-6,12H2,1-3H3/b15-11+. The molecule has 1 heterocycles. The summed E-state index contributed by atoms with van der Waals surface area (Å²) in [5, 5.41) is -0.455. The second-order valence-electron chi connectivity index (χ2n) is 5.34. The number of anilines is 1. The highest BCUT2D eigenvalue weighted by molar-refractivity contribution is 8.18. The maximum absolute atomic E-state index is 12.3. The molecule has 134 valence electrons. The van der Waals surface area contributed by atoms with Gasteiger partial charge in [0, 0.05) is 18.8 Å². The summed E-state index contributed by atoms with van der Waals surface area (Å²) in [6.45, 7) is 7.56. The number of ether oxygens (including phenoxy) is 1. The summed E-state index contributed by atoms with van der Waals surface area (Å²) in [5.74, 6) is -1.05. The predicted octanol–water partition coefficient (Wildman–Crippen LogP) is 3.13. The third kappa shape index (κ3) is 4.63. The average molecular weight is 362 g/mol. The van der Waals surface area contributed by atoms with E-state index < -0.39 is 17.1 Å². The molecular weight excluding hydrogens is 340 g/mol. The van der Waals surface area contributed by atoms with Crippen LogP contribution >= 0.6 is 11.8 Å². The van der Waals surface area contributed by atoms with Crippen LogP contribution in [0.15, 0.2) is 29.2 Å². The third-order valence-electron chi connectivity index (χ3n) is 3.79. The number of benzene rings is 1. The number of thioether (sulfide) groups is 1. The molecule has 1 saturated heterocycles. The van der Waals surface area contributed by atoms with Crippen LogP contribution in [0.25, 0.3) is 6.08 Å². The maximum atomic E-state index is 12.3. The highest BCUT2D eigenvalue weighted by Gasteiger charge is 2.36. The topological polar surface area (TPSA) is 66.9 Å². The van der Waals surface area contributed by atoms with Crippen molar-refractivity contribution < 1.29 is 19.1 Å². The number of imide groups is 1. The number of hydrogen-bond acceptors (Lipinski definition) is 6. The van der Waals surface area contributed by atoms with Gasteiger partial charge in [0.05, 0.1) is 11.5 Å². The molecule has 1 aliphatic heterocycles. The number of carbonyl (C=O) groups is 3. The first-order chi connectivity index (χ1) is 12.0. The summed E-state index contributed by atoms with van der Waals surface area (Å²) < 4.78 is 4.79. The van der Waals surface area contributed by atoms with Crippen molar-refractivity contribution in [3.05, 3.63) is 34.7 Å². The van der Waals surface area contributed by atoms with Gasteiger partial charge in [0.25, 0.3) is 11.1 Å². The van der Waals surface area contributed by atoms with Gasteiger partial charge in [-0.15, -0.1) is 0 Å². The van der Waals surface area contributed by atoms with Crippen molar-refractivity contribution >= 4 is 40.6 Å². The fourth-order valence-electron chi connectivity index (χ4n) is 2.49. The lowest BCUT2D eigenvalue weighted by molar-refractivity contribution is -0.145. The van der Waals surface area contributed by atoms with Gasteiger partial charge in [-0.2, -0.15) is 0 Å². The van der Waals surface area contributed by atoms with E-state index in [1.807, 2.05) is 24.3 Å². The quantitative estimate of drug-likeness (QED) is 0.548. The minimum absolute atomic E-state index is 0.212. The molecule has 0 atom stereocenters. The number of esters is 1. The molecule has 0 bridgehead atoms. The molecule has 0 spiro atoms. The summed E-state index contributed by atoms with van der Waals surface area (Å²) in [6.07, 6.45) is 1.67. The van der Waals surface area contributed by atoms with Crippen LogP contribution in [0.5, 0.6) is 0 Å². The Hall–Kier alpha value is -2.28. The number of hydrogen-bond donors (Lipinski definition) is 0. The van der Waals surface area contributed by atoms with Crippen LogP contribution in [-0.2, 0) is 14.3 Å². The van der Waals surface area contributed by atoms with Crippen molar-refractivity contribution in [1.82, 2.24) is 4.90 Å². The Balaban J connectivity index is 2.12. The number of nitrogens with zero attached hydrogens (tertiary/aromatic N) is 2. The third-order valence-corrected chi connectivity index (χ3v) is 4.69. The normalized spacial score (nSPS) is 15.8. The van der Waals surface area contributed by atoms with E-state index in [0.29, 0.717) is 4.91 Å². The molecule has 7 heteroatoms. The van der Waals surface area contributed by atoms with Crippen molar-refractivity contribution in [1.29, 1.82) is 0 Å². The summed E-state index contributed by atoms with van der Waals surface area (Å²) in [7, 11) is 0. The van der Waals surface area contributed by atoms with E-state index >= 15 is 0 Å². The second kappa shape index (κ2) is 8.71. The zero-order chi connectivity index (χ0) is 18.4. The Kier molecular flexibility index (Phi) is 6.64. The summed E-state index contributed by atoms with van der Waals surface area (Å²) in [5.41, 5.74) is 1.94. The molecule has 0 N–H and O–H groups in total. The van der Waals surface area contributed by atoms with Gasteiger partial charge in [0.15, 0.2) is 0 Å². The Bertz CT molecular complexity index is 681. The Morgan fingerprint density at radius 2 is 1.80 bits per heavy atom. The van der Waals surface area contributed by atoms with Gasteiger partial charge in [-0.25, -0.2) is 0 Å². The molecule has 1 aromatic carbocycles. The predicted molar refractivity (Wildman–Crippen MR) is 99.3 cm³/mol. The summed E-state index contributed by atoms with van der Waals surface area (Å²) in [4.78, 5) is 39.2. The van der Waals surface area contributed by atoms with Gasteiger partial charge in [0.2, 0.25) is 0 Å². The Labute approximate surface area is 151 Å². The largest absolute Gasteiger partial charge is 0.465 e. The molecule has 2 amide bonds. The molecule has 25 heavy (non-hydrogen) atoms. The van der Waals surface area contributed by atoms with Gasteiger partial charge >= 0.3 is 5.97 Å². The fourth-order valence-corrected chi connectivity index (χ4v) is 3.33. The molecule has 0 radical (unpaired) electrons. The second-order valence-corrected chi connectivity index (χ2v) is 6.33. The van der Waals surface area contributed by atoms with Gasteiger partial charge in [0.1, 0.15) is 6.54 Å². The van der Waals surface area contributed by atoms with Crippen LogP contribution in [-0.4, -0.2) is 48.3 Å². The minimum Gasteiger partial charge on any atom is -0.465 e. The lowest BCUT2D eigenvalue weighted by Crippen LogP contribution is -2.34. The molecule has 1 fully saturated rings. The molecule has 0 aliphatic carbocycles. The van der Waals surface area contributed by atoms with Crippen molar-refractivity contribution in [3.8, 4) is 0 Å². The van der Waals surface area contributed by atoms with E-state index in [9.17, 15) is 14.4 Å². The van der Waals surface area contributed by atoms with Crippen LogP contribution in [0, 0.1) is 0 Å². The monoisotopic (exact) mass is 362 g/mol. The van der Waals surface area contributed by atoms with E-state index in [1.165, 1.54) is 0 Å². The molecular formula is C18H22N2O4S. The molecule has 0 saturated carbocycles. The van der Waals surface area contributed by atoms with Crippen molar-refractivity contribution in [2.24, 2.45) is 0 Å². The number of carbonyl (C=O) groups excluding carboxylic acids is 3. The minimum atomic E-state index is -0.588. The first kappa shape index (κ1) is 19.1. The van der Waals surface area contributed by atoms with E-state index in [1.54, 1.807) is 13.0 Å². The van der Waals surface area contributed by atoms with Crippen LogP contribution in [0.4, 0.5) is 10.5 Å². The van der Waals surface area contributed by atoms with Crippen LogP contribution < -0.4 is 4.90 Å². The molecule has 0 aromatic heterocycles. The fraction of sp³-hybridized carbons (Fsp3) is 0.389. The zero-order valence-corrected chi connectivity index (χ0v) is 15.5. The van der Waals surface area contributed by atoms with E-state index in [2.05, 4.69) is 18.7 Å². The molecule has 1 aromatic rings. The number of amides is 2. The highest BCUT2D eigenvalue weighted by Crippen LogP contribution is 2.32. The lowest BCUT2D eigenvalue weighted by atomic mass is 10.1. The van der Waals surface area contributed by atoms with Crippen molar-refractivity contribution in [2.45, 2.75) is 20.8 Å². The molecule has 6 nitrogen and oxygen atoms in total. The molecule has 2 rings (SSSR count). The SMILES string of the molecule is CCOC(=O)CN1C(=O)S/C(=C/c2ccc(N(CC)CC)cc2)C1=O. The summed E-state index contributed by atoms with van der Waals surface area (Å²) in [6, 6.07) is 7.79. The van der Waals surface area contributed by atoms with E-state index in [-0.39, 0.29) is 13.2 Å².